The summed E-state index contributed by atoms with van der Waals surface area (Å²) >= 11 is 0. The normalized spacial score (nSPS) is 21.3. The monoisotopic (exact) mass is 384 g/mol. The molecule has 2 fully saturated rings. The van der Waals surface area contributed by atoms with Crippen LogP contribution in [0.25, 0.3) is 11.1 Å². The summed E-state index contributed by atoms with van der Waals surface area (Å²) < 4.78 is 26.4. The van der Waals surface area contributed by atoms with E-state index in [4.69, 9.17) is 0 Å². The SMILES string of the molecule is C[C@@H]1CCCN1CCc1ccc(-c2ccc(S(=O)(=O)N3CCC3)cc2)cc1. The number of nitrogens with zero attached hydrogens (tertiary/aromatic N) is 2. The molecule has 2 aliphatic rings. The second-order valence-electron chi connectivity index (χ2n) is 7.76. The fraction of sp³-hybridized carbons (Fsp3) is 0.455. The summed E-state index contributed by atoms with van der Waals surface area (Å²) in [7, 11) is -3.30. The lowest BCUT2D eigenvalue weighted by molar-refractivity contribution is 0.272. The van der Waals surface area contributed by atoms with E-state index in [0.717, 1.165) is 36.6 Å². The Balaban J connectivity index is 1.41. The van der Waals surface area contributed by atoms with Crippen LogP contribution in [0.5, 0.6) is 0 Å². The predicted octanol–water partition coefficient (Wildman–Crippen LogP) is 3.77. The van der Waals surface area contributed by atoms with Crippen LogP contribution in [0.1, 0.15) is 31.7 Å². The molecule has 2 aromatic carbocycles. The summed E-state index contributed by atoms with van der Waals surface area (Å²) in [6.07, 6.45) is 4.68. The first-order valence-corrected chi connectivity index (χ1v) is 11.4. The second kappa shape index (κ2) is 7.74. The maximum atomic E-state index is 12.4. The molecular formula is C22H28N2O2S. The van der Waals surface area contributed by atoms with Crippen molar-refractivity contribution in [3.8, 4) is 11.1 Å². The molecule has 4 nitrogen and oxygen atoms in total. The largest absolute Gasteiger partial charge is 0.300 e. The first kappa shape index (κ1) is 18.7. The van der Waals surface area contributed by atoms with Crippen LogP contribution in [-0.4, -0.2) is 49.8 Å². The summed E-state index contributed by atoms with van der Waals surface area (Å²) in [6.45, 7) is 5.96. The third-order valence-electron chi connectivity index (χ3n) is 5.97. The zero-order valence-corrected chi connectivity index (χ0v) is 16.8. The highest BCUT2D eigenvalue weighted by molar-refractivity contribution is 7.89. The quantitative estimate of drug-likeness (QED) is 0.761. The average molecular weight is 385 g/mol. The van der Waals surface area contributed by atoms with Gasteiger partial charge in [-0.1, -0.05) is 36.4 Å². The number of hydrogen-bond acceptors (Lipinski definition) is 3. The molecule has 144 valence electrons. The van der Waals surface area contributed by atoms with E-state index in [1.165, 1.54) is 29.3 Å². The molecule has 0 aliphatic carbocycles. The molecule has 0 aromatic heterocycles. The van der Waals surface area contributed by atoms with E-state index in [9.17, 15) is 8.42 Å². The summed E-state index contributed by atoms with van der Waals surface area (Å²) in [5.74, 6) is 0. The van der Waals surface area contributed by atoms with Crippen molar-refractivity contribution in [1.29, 1.82) is 0 Å². The van der Waals surface area contributed by atoms with Crippen LogP contribution < -0.4 is 0 Å². The Morgan fingerprint density at radius 1 is 0.889 bits per heavy atom. The van der Waals surface area contributed by atoms with Gasteiger partial charge in [0.05, 0.1) is 4.90 Å². The van der Waals surface area contributed by atoms with Crippen LogP contribution in [0, 0.1) is 0 Å². The van der Waals surface area contributed by atoms with Crippen molar-refractivity contribution in [2.75, 3.05) is 26.2 Å². The summed E-state index contributed by atoms with van der Waals surface area (Å²) in [5, 5.41) is 0. The summed E-state index contributed by atoms with van der Waals surface area (Å²) in [4.78, 5) is 2.97. The van der Waals surface area contributed by atoms with E-state index >= 15 is 0 Å². The molecule has 4 rings (SSSR count). The number of rotatable bonds is 6. The first-order valence-electron chi connectivity index (χ1n) is 9.98. The predicted molar refractivity (Wildman–Crippen MR) is 109 cm³/mol. The van der Waals surface area contributed by atoms with E-state index in [0.29, 0.717) is 18.0 Å². The first-order chi connectivity index (χ1) is 13.0. The molecule has 2 heterocycles. The van der Waals surface area contributed by atoms with Crippen molar-refractivity contribution in [2.24, 2.45) is 0 Å². The Hall–Kier alpha value is -1.69. The van der Waals surface area contributed by atoms with Gasteiger partial charge in [0.15, 0.2) is 0 Å². The van der Waals surface area contributed by atoms with Gasteiger partial charge in [-0.2, -0.15) is 4.31 Å². The van der Waals surface area contributed by atoms with Gasteiger partial charge in [-0.25, -0.2) is 8.42 Å². The second-order valence-corrected chi connectivity index (χ2v) is 9.69. The average Bonchev–Trinajstić information content (AvgIpc) is 3.04. The summed E-state index contributed by atoms with van der Waals surface area (Å²) in [5.41, 5.74) is 3.54. The van der Waals surface area contributed by atoms with Gasteiger partial charge in [0, 0.05) is 25.7 Å². The van der Waals surface area contributed by atoms with Crippen LogP contribution in [-0.2, 0) is 16.4 Å². The van der Waals surface area contributed by atoms with Crippen molar-refractivity contribution in [3.63, 3.8) is 0 Å². The molecule has 2 saturated heterocycles. The van der Waals surface area contributed by atoms with Gasteiger partial charge < -0.3 is 4.90 Å². The highest BCUT2D eigenvalue weighted by atomic mass is 32.2. The Kier molecular flexibility index (Phi) is 5.35. The minimum absolute atomic E-state index is 0.391. The maximum Gasteiger partial charge on any atom is 0.243 e. The molecule has 0 saturated carbocycles. The highest BCUT2D eigenvalue weighted by Crippen LogP contribution is 2.25. The van der Waals surface area contributed by atoms with Crippen molar-refractivity contribution in [3.05, 3.63) is 54.1 Å². The lowest BCUT2D eigenvalue weighted by Crippen LogP contribution is -2.41. The zero-order valence-electron chi connectivity index (χ0n) is 16.0. The molecule has 0 unspecified atom stereocenters. The van der Waals surface area contributed by atoms with Crippen molar-refractivity contribution in [2.45, 2.75) is 43.5 Å². The van der Waals surface area contributed by atoms with Crippen LogP contribution in [0.15, 0.2) is 53.4 Å². The van der Waals surface area contributed by atoms with Crippen molar-refractivity contribution >= 4 is 10.0 Å². The van der Waals surface area contributed by atoms with Gasteiger partial charge >= 0.3 is 0 Å². The maximum absolute atomic E-state index is 12.4. The fourth-order valence-corrected chi connectivity index (χ4v) is 5.47. The third-order valence-corrected chi connectivity index (χ3v) is 7.89. The van der Waals surface area contributed by atoms with E-state index in [1.807, 2.05) is 12.1 Å². The van der Waals surface area contributed by atoms with E-state index < -0.39 is 10.0 Å². The van der Waals surface area contributed by atoms with Gasteiger partial charge in [-0.3, -0.25) is 0 Å². The molecule has 1 atom stereocenters. The topological polar surface area (TPSA) is 40.6 Å². The van der Waals surface area contributed by atoms with E-state index in [-0.39, 0.29) is 0 Å². The molecule has 0 amide bonds. The van der Waals surface area contributed by atoms with Gasteiger partial charge in [-0.15, -0.1) is 0 Å². The van der Waals surface area contributed by atoms with Crippen LogP contribution in [0.4, 0.5) is 0 Å². The molecule has 0 bridgehead atoms. The molecule has 0 spiro atoms. The summed E-state index contributed by atoms with van der Waals surface area (Å²) in [6, 6.07) is 16.7. The van der Waals surface area contributed by atoms with Gasteiger partial charge in [0.25, 0.3) is 0 Å². The number of hydrogen-bond donors (Lipinski definition) is 0. The third kappa shape index (κ3) is 3.96. The lowest BCUT2D eigenvalue weighted by atomic mass is 10.0. The molecule has 0 radical (unpaired) electrons. The number of benzene rings is 2. The Morgan fingerprint density at radius 3 is 2.04 bits per heavy atom. The van der Waals surface area contributed by atoms with Gasteiger partial charge in [-0.05, 0) is 68.0 Å². The van der Waals surface area contributed by atoms with E-state index in [1.54, 1.807) is 12.1 Å². The molecule has 2 aliphatic heterocycles. The molecule has 5 heteroatoms. The molecule has 0 N–H and O–H groups in total. The minimum Gasteiger partial charge on any atom is -0.300 e. The standard InChI is InChI=1S/C22H28N2O2S/c1-18-4-2-14-23(18)17-13-19-5-7-20(8-6-19)21-9-11-22(12-10-21)27(25,26)24-15-3-16-24/h5-12,18H,2-4,13-17H2,1H3/t18-/m1/s1. The van der Waals surface area contributed by atoms with E-state index in [2.05, 4.69) is 36.1 Å². The van der Waals surface area contributed by atoms with Crippen LogP contribution >= 0.6 is 0 Å². The molecular weight excluding hydrogens is 356 g/mol. The Morgan fingerprint density at radius 2 is 1.52 bits per heavy atom. The van der Waals surface area contributed by atoms with Crippen molar-refractivity contribution in [1.82, 2.24) is 9.21 Å². The highest BCUT2D eigenvalue weighted by Gasteiger charge is 2.29. The number of sulfonamides is 1. The Bertz CT molecular complexity index is 872. The van der Waals surface area contributed by atoms with Gasteiger partial charge in [0.1, 0.15) is 0 Å². The minimum atomic E-state index is -3.30. The van der Waals surface area contributed by atoms with Crippen LogP contribution in [0.3, 0.4) is 0 Å². The zero-order chi connectivity index (χ0) is 18.9. The molecule has 27 heavy (non-hydrogen) atoms. The van der Waals surface area contributed by atoms with Crippen molar-refractivity contribution < 1.29 is 8.42 Å². The molecule has 2 aromatic rings. The lowest BCUT2D eigenvalue weighted by Gasteiger charge is -2.29. The van der Waals surface area contributed by atoms with Crippen LogP contribution in [0.2, 0.25) is 0 Å². The van der Waals surface area contributed by atoms with Gasteiger partial charge in [0.2, 0.25) is 10.0 Å². The Labute approximate surface area is 162 Å². The fourth-order valence-electron chi connectivity index (χ4n) is 3.96. The number of likely N-dealkylation sites (tertiary alicyclic amines) is 1. The smallest absolute Gasteiger partial charge is 0.243 e.